The van der Waals surface area contributed by atoms with E-state index in [1.807, 2.05) is 6.92 Å². The van der Waals surface area contributed by atoms with Crippen LogP contribution in [0.25, 0.3) is 0 Å². The molecule has 1 fully saturated rings. The van der Waals surface area contributed by atoms with E-state index >= 15 is 0 Å². The van der Waals surface area contributed by atoms with Gasteiger partial charge in [0, 0.05) is 19.1 Å². The smallest absolute Gasteiger partial charge is 0.357 e. The summed E-state index contributed by atoms with van der Waals surface area (Å²) in [6.45, 7) is 10.5. The molecule has 0 aromatic carbocycles. The summed E-state index contributed by atoms with van der Waals surface area (Å²) < 4.78 is 38.8. The Bertz CT molecular complexity index is 371. The molecule has 0 aromatic heterocycles. The van der Waals surface area contributed by atoms with Crippen molar-refractivity contribution >= 4 is 5.96 Å². The largest absolute Gasteiger partial charge is 0.391 e. The van der Waals surface area contributed by atoms with Crippen LogP contribution in [0, 0.1) is 5.92 Å². The summed E-state index contributed by atoms with van der Waals surface area (Å²) in [7, 11) is 0. The molecule has 2 atom stereocenters. The number of guanidine groups is 1. The van der Waals surface area contributed by atoms with Crippen LogP contribution in [-0.4, -0.2) is 55.8 Å². The first-order chi connectivity index (χ1) is 11.4. The predicted molar refractivity (Wildman–Crippen MR) is 93.3 cm³/mol. The van der Waals surface area contributed by atoms with Crippen LogP contribution in [0.4, 0.5) is 13.2 Å². The Morgan fingerprint density at radius 3 is 2.50 bits per heavy atom. The normalized spacial score (nSPS) is 22.7. The maximum Gasteiger partial charge on any atom is 0.391 e. The second kappa shape index (κ2) is 10.8. The second-order valence-corrected chi connectivity index (χ2v) is 6.44. The van der Waals surface area contributed by atoms with Gasteiger partial charge in [0.05, 0.1) is 12.5 Å². The molecule has 24 heavy (non-hydrogen) atoms. The van der Waals surface area contributed by atoms with E-state index in [0.29, 0.717) is 25.5 Å². The average Bonchev–Trinajstić information content (AvgIpc) is 2.53. The molecule has 7 heteroatoms. The molecule has 0 saturated heterocycles. The van der Waals surface area contributed by atoms with Crippen LogP contribution in [0.15, 0.2) is 4.99 Å². The average molecular weight is 350 g/mol. The maximum absolute atomic E-state index is 12.9. The Morgan fingerprint density at radius 1 is 1.17 bits per heavy atom. The van der Waals surface area contributed by atoms with Crippen molar-refractivity contribution in [1.29, 1.82) is 0 Å². The van der Waals surface area contributed by atoms with Crippen LogP contribution < -0.4 is 10.6 Å². The standard InChI is InChI=1S/C17H33F3N4/c1-4-11-24(6-3)12-10-22-16(21-5-2)23-15-9-7-8-14(13-15)17(18,19)20/h14-15H,4-13H2,1-3H3,(H2,21,22,23). The van der Waals surface area contributed by atoms with Gasteiger partial charge in [-0.05, 0) is 45.7 Å². The van der Waals surface area contributed by atoms with Gasteiger partial charge in [-0.2, -0.15) is 13.2 Å². The van der Waals surface area contributed by atoms with Gasteiger partial charge in [0.15, 0.2) is 5.96 Å². The summed E-state index contributed by atoms with van der Waals surface area (Å²) >= 11 is 0. The minimum Gasteiger partial charge on any atom is -0.357 e. The molecule has 0 bridgehead atoms. The Morgan fingerprint density at radius 2 is 1.92 bits per heavy atom. The van der Waals surface area contributed by atoms with Crippen LogP contribution in [0.5, 0.6) is 0 Å². The third-order valence-corrected chi connectivity index (χ3v) is 4.50. The molecule has 1 saturated carbocycles. The summed E-state index contributed by atoms with van der Waals surface area (Å²) in [6, 6.07) is -0.152. The zero-order valence-electron chi connectivity index (χ0n) is 15.3. The van der Waals surface area contributed by atoms with Crippen molar-refractivity contribution in [2.45, 2.75) is 65.1 Å². The monoisotopic (exact) mass is 350 g/mol. The lowest BCUT2D eigenvalue weighted by atomic mass is 9.85. The van der Waals surface area contributed by atoms with E-state index in [0.717, 1.165) is 32.5 Å². The number of rotatable bonds is 8. The zero-order chi connectivity index (χ0) is 18.0. The highest BCUT2D eigenvalue weighted by atomic mass is 19.4. The lowest BCUT2D eigenvalue weighted by Gasteiger charge is -2.32. The first-order valence-corrected chi connectivity index (χ1v) is 9.24. The molecule has 1 aliphatic carbocycles. The summed E-state index contributed by atoms with van der Waals surface area (Å²) in [6.07, 6.45) is -1.20. The number of likely N-dealkylation sites (N-methyl/N-ethyl adjacent to an activating group) is 1. The Hall–Kier alpha value is -0.980. The lowest BCUT2D eigenvalue weighted by Crippen LogP contribution is -2.47. The molecule has 0 heterocycles. The molecule has 2 unspecified atom stereocenters. The quantitative estimate of drug-likeness (QED) is 0.521. The van der Waals surface area contributed by atoms with E-state index in [1.54, 1.807) is 0 Å². The second-order valence-electron chi connectivity index (χ2n) is 6.44. The van der Waals surface area contributed by atoms with Gasteiger partial charge in [0.2, 0.25) is 0 Å². The van der Waals surface area contributed by atoms with Crippen molar-refractivity contribution in [1.82, 2.24) is 15.5 Å². The van der Waals surface area contributed by atoms with Gasteiger partial charge in [-0.25, -0.2) is 0 Å². The van der Waals surface area contributed by atoms with Gasteiger partial charge in [-0.1, -0.05) is 20.3 Å². The van der Waals surface area contributed by atoms with Crippen LogP contribution in [0.1, 0.15) is 52.9 Å². The molecule has 0 aromatic rings. The summed E-state index contributed by atoms with van der Waals surface area (Å²) in [5.41, 5.74) is 0. The van der Waals surface area contributed by atoms with Crippen molar-refractivity contribution in [2.24, 2.45) is 10.9 Å². The van der Waals surface area contributed by atoms with Gasteiger partial charge < -0.3 is 15.5 Å². The summed E-state index contributed by atoms with van der Waals surface area (Å²) in [5, 5.41) is 6.35. The van der Waals surface area contributed by atoms with Crippen LogP contribution in [-0.2, 0) is 0 Å². The van der Waals surface area contributed by atoms with E-state index in [9.17, 15) is 13.2 Å². The number of hydrogen-bond donors (Lipinski definition) is 2. The molecule has 1 rings (SSSR count). The molecule has 2 N–H and O–H groups in total. The van der Waals surface area contributed by atoms with Gasteiger partial charge in [-0.15, -0.1) is 0 Å². The van der Waals surface area contributed by atoms with Crippen molar-refractivity contribution in [3.63, 3.8) is 0 Å². The number of alkyl halides is 3. The third-order valence-electron chi connectivity index (χ3n) is 4.50. The van der Waals surface area contributed by atoms with Crippen LogP contribution in [0.3, 0.4) is 0 Å². The van der Waals surface area contributed by atoms with Gasteiger partial charge in [-0.3, -0.25) is 4.99 Å². The number of halogens is 3. The van der Waals surface area contributed by atoms with Crippen molar-refractivity contribution < 1.29 is 13.2 Å². The highest BCUT2D eigenvalue weighted by Crippen LogP contribution is 2.37. The van der Waals surface area contributed by atoms with E-state index in [1.165, 1.54) is 0 Å². The molecule has 0 radical (unpaired) electrons. The first kappa shape index (κ1) is 21.1. The molecule has 4 nitrogen and oxygen atoms in total. The van der Waals surface area contributed by atoms with Gasteiger partial charge in [0.25, 0.3) is 0 Å². The highest BCUT2D eigenvalue weighted by molar-refractivity contribution is 5.80. The fraction of sp³-hybridized carbons (Fsp3) is 0.941. The lowest BCUT2D eigenvalue weighted by molar-refractivity contribution is -0.183. The van der Waals surface area contributed by atoms with Crippen LogP contribution in [0.2, 0.25) is 0 Å². The summed E-state index contributed by atoms with van der Waals surface area (Å²) in [4.78, 5) is 6.86. The molecular weight excluding hydrogens is 317 g/mol. The summed E-state index contributed by atoms with van der Waals surface area (Å²) in [5.74, 6) is -0.551. The van der Waals surface area contributed by atoms with Gasteiger partial charge in [0.1, 0.15) is 0 Å². The topological polar surface area (TPSA) is 39.7 Å². The molecule has 0 aliphatic heterocycles. The minimum absolute atomic E-state index is 0.144. The molecule has 0 spiro atoms. The number of nitrogens with one attached hydrogen (secondary N) is 2. The van der Waals surface area contributed by atoms with Crippen molar-refractivity contribution in [2.75, 3.05) is 32.7 Å². The van der Waals surface area contributed by atoms with E-state index < -0.39 is 12.1 Å². The molecular formula is C17H33F3N4. The number of hydrogen-bond acceptors (Lipinski definition) is 2. The number of aliphatic imine (C=N–C) groups is 1. The van der Waals surface area contributed by atoms with E-state index in [4.69, 9.17) is 0 Å². The fourth-order valence-electron chi connectivity index (χ4n) is 3.18. The SMILES string of the molecule is CCCN(CC)CCN=C(NCC)NC1CCCC(C(F)(F)F)C1. The molecule has 0 amide bonds. The minimum atomic E-state index is -4.09. The van der Waals surface area contributed by atoms with Crippen molar-refractivity contribution in [3.05, 3.63) is 0 Å². The molecule has 142 valence electrons. The van der Waals surface area contributed by atoms with Crippen molar-refractivity contribution in [3.8, 4) is 0 Å². The Labute approximate surface area is 144 Å². The van der Waals surface area contributed by atoms with E-state index in [2.05, 4.69) is 34.4 Å². The maximum atomic E-state index is 12.9. The predicted octanol–water partition coefficient (Wildman–Crippen LogP) is 3.39. The van der Waals surface area contributed by atoms with Crippen LogP contribution >= 0.6 is 0 Å². The Balaban J connectivity index is 2.53. The first-order valence-electron chi connectivity index (χ1n) is 9.24. The van der Waals surface area contributed by atoms with Gasteiger partial charge >= 0.3 is 6.18 Å². The highest BCUT2D eigenvalue weighted by Gasteiger charge is 2.42. The number of nitrogens with zero attached hydrogens (tertiary/aromatic N) is 2. The molecule has 1 aliphatic rings. The zero-order valence-corrected chi connectivity index (χ0v) is 15.3. The fourth-order valence-corrected chi connectivity index (χ4v) is 3.18. The van der Waals surface area contributed by atoms with E-state index in [-0.39, 0.29) is 18.9 Å². The third kappa shape index (κ3) is 7.73. The Kier molecular flexibility index (Phi) is 9.48.